The molecule has 0 bridgehead atoms. The summed E-state index contributed by atoms with van der Waals surface area (Å²) in [6.07, 6.45) is 7.54. The number of hydrogen-bond acceptors (Lipinski definition) is 2. The zero-order valence-electron chi connectivity index (χ0n) is 9.63. The van der Waals surface area contributed by atoms with Crippen molar-refractivity contribution in [3.63, 3.8) is 0 Å². The predicted octanol–water partition coefficient (Wildman–Crippen LogP) is 2.30. The lowest BCUT2D eigenvalue weighted by Crippen LogP contribution is -2.13. The van der Waals surface area contributed by atoms with Gasteiger partial charge in [0.2, 0.25) is 0 Å². The summed E-state index contributed by atoms with van der Waals surface area (Å²) in [5, 5.41) is 9.00. The third-order valence-corrected chi connectivity index (χ3v) is 3.67. The molecule has 0 aromatic rings. The summed E-state index contributed by atoms with van der Waals surface area (Å²) in [5.41, 5.74) is 6.16. The van der Waals surface area contributed by atoms with Gasteiger partial charge >= 0.3 is 0 Å². The van der Waals surface area contributed by atoms with Gasteiger partial charge in [0.15, 0.2) is 0 Å². The second kappa shape index (κ2) is 5.13. The minimum Gasteiger partial charge on any atom is -0.396 e. The van der Waals surface area contributed by atoms with Gasteiger partial charge in [0.1, 0.15) is 0 Å². The minimum absolute atomic E-state index is 0.358. The van der Waals surface area contributed by atoms with Gasteiger partial charge in [-0.2, -0.15) is 0 Å². The highest BCUT2D eigenvalue weighted by Crippen LogP contribution is 2.55. The maximum Gasteiger partial charge on any atom is 0.0464 e. The fourth-order valence-corrected chi connectivity index (χ4v) is 2.27. The molecule has 0 aromatic carbocycles. The molecule has 2 nitrogen and oxygen atoms in total. The summed E-state index contributed by atoms with van der Waals surface area (Å²) in [6.45, 7) is 4.76. The van der Waals surface area contributed by atoms with Crippen molar-refractivity contribution in [3.8, 4) is 0 Å². The molecule has 1 aliphatic rings. The highest BCUT2D eigenvalue weighted by atomic mass is 16.3. The van der Waals surface area contributed by atoms with Crippen molar-refractivity contribution in [2.75, 3.05) is 6.61 Å². The normalized spacial score (nSPS) is 33.0. The van der Waals surface area contributed by atoms with Crippen LogP contribution in [0.5, 0.6) is 0 Å². The number of rotatable bonds is 7. The van der Waals surface area contributed by atoms with E-state index < -0.39 is 0 Å². The number of hydrogen-bond donors (Lipinski definition) is 2. The molecular weight excluding hydrogens is 174 g/mol. The quantitative estimate of drug-likeness (QED) is 0.618. The summed E-state index contributed by atoms with van der Waals surface area (Å²) in [6, 6.07) is 0.358. The third kappa shape index (κ3) is 3.58. The van der Waals surface area contributed by atoms with E-state index in [0.717, 1.165) is 6.42 Å². The fraction of sp³-hybridized carbons (Fsp3) is 1.00. The first-order chi connectivity index (χ1) is 6.58. The van der Waals surface area contributed by atoms with Crippen molar-refractivity contribution >= 4 is 0 Å². The van der Waals surface area contributed by atoms with Gasteiger partial charge in [-0.05, 0) is 37.5 Å². The van der Waals surface area contributed by atoms with Crippen molar-refractivity contribution in [1.29, 1.82) is 0 Å². The van der Waals surface area contributed by atoms with E-state index in [1.54, 1.807) is 0 Å². The van der Waals surface area contributed by atoms with E-state index in [1.807, 2.05) is 0 Å². The molecule has 0 spiro atoms. The lowest BCUT2D eigenvalue weighted by molar-refractivity contribution is 0.248. The monoisotopic (exact) mass is 199 g/mol. The maximum atomic E-state index is 9.00. The van der Waals surface area contributed by atoms with E-state index in [2.05, 4.69) is 13.8 Å². The molecule has 14 heavy (non-hydrogen) atoms. The molecule has 2 heteroatoms. The molecule has 1 rings (SSSR count). The van der Waals surface area contributed by atoms with Crippen LogP contribution < -0.4 is 5.73 Å². The van der Waals surface area contributed by atoms with Gasteiger partial charge < -0.3 is 10.8 Å². The molecule has 0 saturated heterocycles. The standard InChI is InChI=1S/C12H25NO/c1-10(13)6-4-3-5-7-12(2)8-11(12)9-14/h10-11,14H,3-9,13H2,1-2H3/t10?,11?,12-/m0/s1. The van der Waals surface area contributed by atoms with E-state index in [-0.39, 0.29) is 0 Å². The highest BCUT2D eigenvalue weighted by molar-refractivity contribution is 4.97. The first-order valence-electron chi connectivity index (χ1n) is 5.95. The van der Waals surface area contributed by atoms with Gasteiger partial charge in [-0.3, -0.25) is 0 Å². The Bertz CT molecular complexity index is 170. The summed E-state index contributed by atoms with van der Waals surface area (Å²) in [4.78, 5) is 0. The predicted molar refractivity (Wildman–Crippen MR) is 60.0 cm³/mol. The minimum atomic E-state index is 0.358. The van der Waals surface area contributed by atoms with Crippen LogP contribution in [0.3, 0.4) is 0 Å². The van der Waals surface area contributed by atoms with Crippen molar-refractivity contribution in [2.45, 2.75) is 58.4 Å². The Morgan fingerprint density at radius 1 is 1.43 bits per heavy atom. The van der Waals surface area contributed by atoms with E-state index in [9.17, 15) is 0 Å². The SMILES string of the molecule is CC(N)CCCCC[C@@]1(C)CC1CO. The fourth-order valence-electron chi connectivity index (χ4n) is 2.27. The molecule has 0 radical (unpaired) electrons. The molecule has 3 N–H and O–H groups in total. The Morgan fingerprint density at radius 2 is 2.14 bits per heavy atom. The second-order valence-electron chi connectivity index (χ2n) is 5.31. The lowest BCUT2D eigenvalue weighted by atomic mass is 9.97. The van der Waals surface area contributed by atoms with Crippen LogP contribution in [0.2, 0.25) is 0 Å². The van der Waals surface area contributed by atoms with Crippen LogP contribution in [-0.4, -0.2) is 17.8 Å². The van der Waals surface area contributed by atoms with Crippen LogP contribution in [0.15, 0.2) is 0 Å². The van der Waals surface area contributed by atoms with Crippen LogP contribution in [0.1, 0.15) is 52.4 Å². The van der Waals surface area contributed by atoms with Gasteiger partial charge in [0.25, 0.3) is 0 Å². The first-order valence-corrected chi connectivity index (χ1v) is 5.95. The molecule has 1 fully saturated rings. The summed E-state index contributed by atoms with van der Waals surface area (Å²) < 4.78 is 0. The average Bonchev–Trinajstić information content (AvgIpc) is 2.76. The van der Waals surface area contributed by atoms with Crippen molar-refractivity contribution in [1.82, 2.24) is 0 Å². The van der Waals surface area contributed by atoms with Gasteiger partial charge in [0, 0.05) is 12.6 Å². The number of aliphatic hydroxyl groups excluding tert-OH is 1. The maximum absolute atomic E-state index is 9.00. The summed E-state index contributed by atoms with van der Waals surface area (Å²) in [5.74, 6) is 0.593. The van der Waals surface area contributed by atoms with E-state index >= 15 is 0 Å². The van der Waals surface area contributed by atoms with Crippen LogP contribution in [0.25, 0.3) is 0 Å². The first kappa shape index (κ1) is 12.0. The number of unbranched alkanes of at least 4 members (excludes halogenated alkanes) is 2. The Kier molecular flexibility index (Phi) is 4.39. The average molecular weight is 199 g/mol. The van der Waals surface area contributed by atoms with Crippen LogP contribution in [0.4, 0.5) is 0 Å². The van der Waals surface area contributed by atoms with Crippen molar-refractivity contribution in [3.05, 3.63) is 0 Å². The highest BCUT2D eigenvalue weighted by Gasteiger charge is 2.48. The van der Waals surface area contributed by atoms with Gasteiger partial charge in [-0.25, -0.2) is 0 Å². The molecule has 0 amide bonds. The largest absolute Gasteiger partial charge is 0.396 e. The second-order valence-corrected chi connectivity index (χ2v) is 5.31. The zero-order chi connectivity index (χ0) is 10.6. The molecule has 0 aromatic heterocycles. The summed E-state index contributed by atoms with van der Waals surface area (Å²) >= 11 is 0. The topological polar surface area (TPSA) is 46.2 Å². The van der Waals surface area contributed by atoms with Crippen molar-refractivity contribution < 1.29 is 5.11 Å². The van der Waals surface area contributed by atoms with Gasteiger partial charge in [-0.15, -0.1) is 0 Å². The lowest BCUT2D eigenvalue weighted by Gasteiger charge is -2.10. The van der Waals surface area contributed by atoms with Gasteiger partial charge in [0.05, 0.1) is 0 Å². The molecular formula is C12H25NO. The molecule has 1 saturated carbocycles. The zero-order valence-corrected chi connectivity index (χ0v) is 9.63. The van der Waals surface area contributed by atoms with E-state index in [0.29, 0.717) is 24.0 Å². The molecule has 3 atom stereocenters. The van der Waals surface area contributed by atoms with Crippen LogP contribution in [-0.2, 0) is 0 Å². The molecule has 84 valence electrons. The third-order valence-electron chi connectivity index (χ3n) is 3.67. The van der Waals surface area contributed by atoms with E-state index in [4.69, 9.17) is 10.8 Å². The Balaban J connectivity index is 1.95. The Labute approximate surface area is 87.9 Å². The number of nitrogens with two attached hydrogens (primary N) is 1. The molecule has 0 aliphatic heterocycles. The van der Waals surface area contributed by atoms with Crippen molar-refractivity contribution in [2.24, 2.45) is 17.1 Å². The summed E-state index contributed by atoms with van der Waals surface area (Å²) in [7, 11) is 0. The molecule has 2 unspecified atom stereocenters. The van der Waals surface area contributed by atoms with Gasteiger partial charge in [-0.1, -0.05) is 26.2 Å². The Morgan fingerprint density at radius 3 is 2.64 bits per heavy atom. The molecule has 0 heterocycles. The smallest absolute Gasteiger partial charge is 0.0464 e. The molecule has 1 aliphatic carbocycles. The van der Waals surface area contributed by atoms with E-state index in [1.165, 1.54) is 32.1 Å². The van der Waals surface area contributed by atoms with Crippen LogP contribution >= 0.6 is 0 Å². The number of aliphatic hydroxyl groups is 1. The Hall–Kier alpha value is -0.0800. The van der Waals surface area contributed by atoms with Crippen LogP contribution in [0, 0.1) is 11.3 Å².